The maximum atomic E-state index is 11.9. The monoisotopic (exact) mass is 275 g/mol. The number of carbonyl (C=O) groups excluding carboxylic acids is 2. The Bertz CT molecular complexity index is 513. The average Bonchev–Trinajstić information content (AvgIpc) is 3.15. The first-order valence-corrected chi connectivity index (χ1v) is 6.88. The summed E-state index contributed by atoms with van der Waals surface area (Å²) in [7, 11) is 0. The smallest absolute Gasteiger partial charge is 0.315 e. The van der Waals surface area contributed by atoms with E-state index in [1.165, 1.54) is 5.56 Å². The number of urea groups is 1. The number of anilines is 1. The molecule has 5 heteroatoms. The maximum absolute atomic E-state index is 11.9. The molecule has 3 amide bonds. The molecule has 0 aliphatic heterocycles. The van der Waals surface area contributed by atoms with Crippen LogP contribution in [0.3, 0.4) is 0 Å². The van der Waals surface area contributed by atoms with Crippen molar-refractivity contribution >= 4 is 17.6 Å². The highest BCUT2D eigenvalue weighted by Crippen LogP contribution is 2.21. The molecule has 1 aliphatic rings. The van der Waals surface area contributed by atoms with Crippen molar-refractivity contribution in [1.29, 1.82) is 0 Å². The van der Waals surface area contributed by atoms with Gasteiger partial charge in [-0.3, -0.25) is 4.79 Å². The standard InChI is InChI=1S/C15H21N3O2/c1-9-6-10(2)14(11(3)7-9)18-13(19)8-16-15(20)17-12-4-5-12/h6-7,12H,4-5,8H2,1-3H3,(H,18,19)(H2,16,17,20). The van der Waals surface area contributed by atoms with Crippen molar-refractivity contribution in [3.8, 4) is 0 Å². The van der Waals surface area contributed by atoms with E-state index in [1.54, 1.807) is 0 Å². The summed E-state index contributed by atoms with van der Waals surface area (Å²) in [5.74, 6) is -0.217. The van der Waals surface area contributed by atoms with E-state index in [-0.39, 0.29) is 18.5 Å². The highest BCUT2D eigenvalue weighted by Gasteiger charge is 2.23. The first-order valence-electron chi connectivity index (χ1n) is 6.88. The molecule has 0 aromatic heterocycles. The number of amides is 3. The van der Waals surface area contributed by atoms with Gasteiger partial charge < -0.3 is 16.0 Å². The van der Waals surface area contributed by atoms with Crippen molar-refractivity contribution in [3.63, 3.8) is 0 Å². The molecule has 1 aliphatic carbocycles. The average molecular weight is 275 g/mol. The molecule has 0 heterocycles. The lowest BCUT2D eigenvalue weighted by Gasteiger charge is -2.13. The largest absolute Gasteiger partial charge is 0.335 e. The van der Waals surface area contributed by atoms with Crippen LogP contribution >= 0.6 is 0 Å². The molecule has 1 fully saturated rings. The predicted octanol–water partition coefficient (Wildman–Crippen LogP) is 2.01. The van der Waals surface area contributed by atoms with Crippen LogP contribution in [0.1, 0.15) is 29.5 Å². The van der Waals surface area contributed by atoms with Crippen molar-refractivity contribution in [1.82, 2.24) is 10.6 Å². The normalized spacial score (nSPS) is 13.8. The van der Waals surface area contributed by atoms with Crippen LogP contribution in [0.5, 0.6) is 0 Å². The Morgan fingerprint density at radius 1 is 1.15 bits per heavy atom. The third-order valence-electron chi connectivity index (χ3n) is 3.26. The zero-order valence-corrected chi connectivity index (χ0v) is 12.2. The van der Waals surface area contributed by atoms with Crippen LogP contribution in [-0.4, -0.2) is 24.5 Å². The SMILES string of the molecule is Cc1cc(C)c(NC(=O)CNC(=O)NC2CC2)c(C)c1. The van der Waals surface area contributed by atoms with Crippen LogP contribution in [0.4, 0.5) is 10.5 Å². The number of aryl methyl sites for hydroxylation is 3. The number of rotatable bonds is 4. The van der Waals surface area contributed by atoms with Crippen LogP contribution in [0.2, 0.25) is 0 Å². The maximum Gasteiger partial charge on any atom is 0.315 e. The zero-order valence-electron chi connectivity index (χ0n) is 12.2. The topological polar surface area (TPSA) is 70.2 Å². The molecule has 3 N–H and O–H groups in total. The zero-order chi connectivity index (χ0) is 14.7. The molecule has 5 nitrogen and oxygen atoms in total. The van der Waals surface area contributed by atoms with Gasteiger partial charge in [0.25, 0.3) is 0 Å². The number of carbonyl (C=O) groups is 2. The van der Waals surface area contributed by atoms with E-state index >= 15 is 0 Å². The van der Waals surface area contributed by atoms with E-state index in [2.05, 4.69) is 16.0 Å². The van der Waals surface area contributed by atoms with E-state index < -0.39 is 0 Å². The van der Waals surface area contributed by atoms with Crippen LogP contribution < -0.4 is 16.0 Å². The summed E-state index contributed by atoms with van der Waals surface area (Å²) in [6, 6.07) is 4.06. The first-order chi connectivity index (χ1) is 9.45. The second-order valence-corrected chi connectivity index (χ2v) is 5.42. The van der Waals surface area contributed by atoms with Crippen LogP contribution in [-0.2, 0) is 4.79 Å². The highest BCUT2D eigenvalue weighted by atomic mass is 16.2. The Morgan fingerprint density at radius 3 is 2.30 bits per heavy atom. The van der Waals surface area contributed by atoms with Crippen molar-refractivity contribution in [2.45, 2.75) is 39.7 Å². The summed E-state index contributed by atoms with van der Waals surface area (Å²) in [5.41, 5.74) is 4.04. The molecule has 0 saturated heterocycles. The molecule has 0 spiro atoms. The summed E-state index contributed by atoms with van der Waals surface area (Å²) >= 11 is 0. The van der Waals surface area contributed by atoms with Crippen molar-refractivity contribution in [2.24, 2.45) is 0 Å². The van der Waals surface area contributed by atoms with Gasteiger partial charge in [-0.15, -0.1) is 0 Å². The third kappa shape index (κ3) is 3.98. The van der Waals surface area contributed by atoms with E-state index in [9.17, 15) is 9.59 Å². The molecular formula is C15H21N3O2. The highest BCUT2D eigenvalue weighted by molar-refractivity contribution is 5.95. The summed E-state index contributed by atoms with van der Waals surface area (Å²) < 4.78 is 0. The van der Waals surface area contributed by atoms with Gasteiger partial charge in [0, 0.05) is 11.7 Å². The van der Waals surface area contributed by atoms with Crippen LogP contribution in [0.15, 0.2) is 12.1 Å². The fourth-order valence-electron chi connectivity index (χ4n) is 2.19. The van der Waals surface area contributed by atoms with E-state index in [0.717, 1.165) is 29.7 Å². The third-order valence-corrected chi connectivity index (χ3v) is 3.26. The van der Waals surface area contributed by atoms with Crippen LogP contribution in [0, 0.1) is 20.8 Å². The Hall–Kier alpha value is -2.04. The predicted molar refractivity (Wildman–Crippen MR) is 78.8 cm³/mol. The van der Waals surface area contributed by atoms with Gasteiger partial charge in [-0.2, -0.15) is 0 Å². The Balaban J connectivity index is 1.86. The fourth-order valence-corrected chi connectivity index (χ4v) is 2.19. The minimum absolute atomic E-state index is 0.0225. The number of nitrogens with one attached hydrogen (secondary N) is 3. The second kappa shape index (κ2) is 5.94. The summed E-state index contributed by atoms with van der Waals surface area (Å²) in [5, 5.41) is 8.18. The lowest BCUT2D eigenvalue weighted by molar-refractivity contribution is -0.115. The minimum atomic E-state index is -0.278. The number of hydrogen-bond acceptors (Lipinski definition) is 2. The number of benzene rings is 1. The Labute approximate surface area is 119 Å². The second-order valence-electron chi connectivity index (χ2n) is 5.42. The molecule has 20 heavy (non-hydrogen) atoms. The van der Waals surface area contributed by atoms with E-state index in [0.29, 0.717) is 6.04 Å². The fraction of sp³-hybridized carbons (Fsp3) is 0.467. The molecule has 0 radical (unpaired) electrons. The first kappa shape index (κ1) is 14.4. The number of hydrogen-bond donors (Lipinski definition) is 3. The Kier molecular flexibility index (Phi) is 4.27. The van der Waals surface area contributed by atoms with Gasteiger partial charge in [-0.05, 0) is 44.7 Å². The van der Waals surface area contributed by atoms with Gasteiger partial charge in [0.15, 0.2) is 0 Å². The van der Waals surface area contributed by atoms with Gasteiger partial charge in [0.1, 0.15) is 0 Å². The lowest BCUT2D eigenvalue weighted by Crippen LogP contribution is -2.41. The minimum Gasteiger partial charge on any atom is -0.335 e. The van der Waals surface area contributed by atoms with Gasteiger partial charge >= 0.3 is 6.03 Å². The Morgan fingerprint density at radius 2 is 1.75 bits per heavy atom. The molecule has 0 bridgehead atoms. The molecule has 1 aromatic rings. The molecule has 0 atom stereocenters. The summed E-state index contributed by atoms with van der Waals surface area (Å²) in [6.07, 6.45) is 2.06. The summed E-state index contributed by atoms with van der Waals surface area (Å²) in [6.45, 7) is 5.92. The van der Waals surface area contributed by atoms with Crippen molar-refractivity contribution in [3.05, 3.63) is 28.8 Å². The van der Waals surface area contributed by atoms with E-state index in [1.807, 2.05) is 32.9 Å². The van der Waals surface area contributed by atoms with Gasteiger partial charge in [0.05, 0.1) is 6.54 Å². The van der Waals surface area contributed by atoms with Crippen molar-refractivity contribution < 1.29 is 9.59 Å². The van der Waals surface area contributed by atoms with Gasteiger partial charge in [0.2, 0.25) is 5.91 Å². The van der Waals surface area contributed by atoms with Gasteiger partial charge in [-0.1, -0.05) is 17.7 Å². The molecule has 0 unspecified atom stereocenters. The quantitative estimate of drug-likeness (QED) is 0.786. The molecule has 1 aromatic carbocycles. The van der Waals surface area contributed by atoms with Crippen molar-refractivity contribution in [2.75, 3.05) is 11.9 Å². The van der Waals surface area contributed by atoms with Gasteiger partial charge in [-0.25, -0.2) is 4.79 Å². The molecule has 2 rings (SSSR count). The molecular weight excluding hydrogens is 254 g/mol. The molecule has 108 valence electrons. The summed E-state index contributed by atoms with van der Waals surface area (Å²) in [4.78, 5) is 23.3. The lowest BCUT2D eigenvalue weighted by atomic mass is 10.1. The van der Waals surface area contributed by atoms with Crippen LogP contribution in [0.25, 0.3) is 0 Å². The molecule has 1 saturated carbocycles. The van der Waals surface area contributed by atoms with E-state index in [4.69, 9.17) is 0 Å².